The van der Waals surface area contributed by atoms with E-state index in [1.165, 1.54) is 17.3 Å². The lowest BCUT2D eigenvalue weighted by molar-refractivity contribution is -0.138. The molecule has 3 rings (SSSR count). The third-order valence-electron chi connectivity index (χ3n) is 4.75. The van der Waals surface area contributed by atoms with Crippen LogP contribution in [0.1, 0.15) is 42.0 Å². The molecule has 2 N–H and O–H groups in total. The van der Waals surface area contributed by atoms with Crippen molar-refractivity contribution < 1.29 is 32.3 Å². The van der Waals surface area contributed by atoms with Crippen molar-refractivity contribution in [3.05, 3.63) is 17.6 Å². The minimum Gasteiger partial charge on any atom is -0.481 e. The van der Waals surface area contributed by atoms with Gasteiger partial charge in [-0.25, -0.2) is 8.42 Å². The molecule has 0 aromatic carbocycles. The van der Waals surface area contributed by atoms with E-state index in [1.54, 1.807) is 0 Å². The monoisotopic (exact) mass is 386 g/mol. The minimum absolute atomic E-state index is 0.0282. The van der Waals surface area contributed by atoms with Crippen LogP contribution >= 0.6 is 0 Å². The predicted molar refractivity (Wildman–Crippen MR) is 89.3 cm³/mol. The third kappa shape index (κ3) is 3.62. The van der Waals surface area contributed by atoms with Crippen molar-refractivity contribution in [1.82, 2.24) is 9.62 Å². The Bertz CT molecular complexity index is 803. The Morgan fingerprint density at radius 3 is 2.62 bits per heavy atom. The number of aliphatic carboxylic acids is 1. The molecule has 2 aliphatic heterocycles. The quantitative estimate of drug-likeness (QED) is 0.738. The largest absolute Gasteiger partial charge is 0.481 e. The molecule has 1 amide bonds. The molecular weight excluding hydrogens is 364 g/mol. The lowest BCUT2D eigenvalue weighted by Crippen LogP contribution is -2.50. The number of amides is 1. The summed E-state index contributed by atoms with van der Waals surface area (Å²) in [5.41, 5.74) is -1.02. The number of ether oxygens (including phenoxy) is 1. The van der Waals surface area contributed by atoms with Gasteiger partial charge in [-0.2, -0.15) is 4.31 Å². The standard InChI is InChI=1S/C16H22N2O7S/c1-11-13(26(22,23)18-5-2-3-6-18)8-12(25-11)15(21)17-16(9-14(19)20)4-7-24-10-16/h8H,2-7,9-10H2,1H3,(H,17,21)(H,19,20). The average Bonchev–Trinajstić information content (AvgIpc) is 3.26. The van der Waals surface area contributed by atoms with Gasteiger partial charge in [0.25, 0.3) is 5.91 Å². The van der Waals surface area contributed by atoms with E-state index >= 15 is 0 Å². The summed E-state index contributed by atoms with van der Waals surface area (Å²) in [6, 6.07) is 1.21. The molecule has 2 fully saturated rings. The molecule has 0 aliphatic carbocycles. The van der Waals surface area contributed by atoms with E-state index in [4.69, 9.17) is 14.3 Å². The first-order valence-electron chi connectivity index (χ1n) is 8.46. The van der Waals surface area contributed by atoms with Crippen molar-refractivity contribution in [3.63, 3.8) is 0 Å². The number of carboxylic acid groups (broad SMARTS) is 1. The van der Waals surface area contributed by atoms with Gasteiger partial charge < -0.3 is 19.6 Å². The van der Waals surface area contributed by atoms with Gasteiger partial charge in [0.05, 0.1) is 18.6 Å². The molecule has 2 saturated heterocycles. The van der Waals surface area contributed by atoms with E-state index in [1.807, 2.05) is 0 Å². The lowest BCUT2D eigenvalue weighted by atomic mass is 9.94. The second-order valence-corrected chi connectivity index (χ2v) is 8.66. The number of nitrogens with one attached hydrogen (secondary N) is 1. The number of aryl methyl sites for hydroxylation is 1. The summed E-state index contributed by atoms with van der Waals surface area (Å²) >= 11 is 0. The number of hydrogen-bond acceptors (Lipinski definition) is 6. The first kappa shape index (κ1) is 18.9. The number of carbonyl (C=O) groups is 2. The van der Waals surface area contributed by atoms with Crippen molar-refractivity contribution in [2.24, 2.45) is 0 Å². The molecule has 10 heteroatoms. The van der Waals surface area contributed by atoms with Gasteiger partial charge in [-0.1, -0.05) is 0 Å². The molecule has 1 atom stereocenters. The second kappa shape index (κ2) is 7.01. The van der Waals surface area contributed by atoms with Crippen LogP contribution in [0.4, 0.5) is 0 Å². The Hall–Kier alpha value is -1.91. The molecule has 9 nitrogen and oxygen atoms in total. The summed E-state index contributed by atoms with van der Waals surface area (Å²) in [5.74, 6) is -1.72. The maximum atomic E-state index is 12.7. The van der Waals surface area contributed by atoms with E-state index in [2.05, 4.69) is 5.32 Å². The number of carbonyl (C=O) groups excluding carboxylic acids is 1. The van der Waals surface area contributed by atoms with Crippen molar-refractivity contribution >= 4 is 21.9 Å². The van der Waals surface area contributed by atoms with Gasteiger partial charge in [0.1, 0.15) is 10.7 Å². The Labute approximate surface area is 151 Å². The molecule has 0 spiro atoms. The molecule has 26 heavy (non-hydrogen) atoms. The van der Waals surface area contributed by atoms with Crippen molar-refractivity contribution in [2.45, 2.75) is 43.0 Å². The first-order chi connectivity index (χ1) is 12.2. The number of nitrogens with zero attached hydrogens (tertiary/aromatic N) is 1. The maximum Gasteiger partial charge on any atom is 0.305 e. The summed E-state index contributed by atoms with van der Waals surface area (Å²) in [4.78, 5) is 23.6. The summed E-state index contributed by atoms with van der Waals surface area (Å²) in [7, 11) is -3.70. The number of hydrogen-bond donors (Lipinski definition) is 2. The molecule has 3 heterocycles. The highest BCUT2D eigenvalue weighted by molar-refractivity contribution is 7.89. The molecule has 1 aromatic heterocycles. The predicted octanol–water partition coefficient (Wildman–Crippen LogP) is 0.736. The van der Waals surface area contributed by atoms with Crippen LogP contribution in [0.25, 0.3) is 0 Å². The second-order valence-electron chi connectivity index (χ2n) is 6.75. The van der Waals surface area contributed by atoms with Gasteiger partial charge >= 0.3 is 5.97 Å². The lowest BCUT2D eigenvalue weighted by Gasteiger charge is -2.26. The fourth-order valence-electron chi connectivity index (χ4n) is 3.38. The van der Waals surface area contributed by atoms with Crippen molar-refractivity contribution in [2.75, 3.05) is 26.3 Å². The molecular formula is C16H22N2O7S. The van der Waals surface area contributed by atoms with Gasteiger partial charge in [0, 0.05) is 25.8 Å². The molecule has 1 aromatic rings. The van der Waals surface area contributed by atoms with E-state index in [0.717, 1.165) is 12.8 Å². The number of sulfonamides is 1. The summed E-state index contributed by atoms with van der Waals surface area (Å²) in [6.45, 7) is 2.83. The van der Waals surface area contributed by atoms with Crippen LogP contribution in [0.5, 0.6) is 0 Å². The van der Waals surface area contributed by atoms with Crippen LogP contribution in [0.3, 0.4) is 0 Å². The highest BCUT2D eigenvalue weighted by Crippen LogP contribution is 2.28. The van der Waals surface area contributed by atoms with Gasteiger partial charge in [0.2, 0.25) is 10.0 Å². The molecule has 1 unspecified atom stereocenters. The zero-order valence-corrected chi connectivity index (χ0v) is 15.3. The van der Waals surface area contributed by atoms with E-state index < -0.39 is 27.4 Å². The van der Waals surface area contributed by atoms with Gasteiger partial charge in [-0.15, -0.1) is 0 Å². The summed E-state index contributed by atoms with van der Waals surface area (Å²) in [5, 5.41) is 11.7. The third-order valence-corrected chi connectivity index (χ3v) is 6.76. The molecule has 0 bridgehead atoms. The number of furan rings is 1. The van der Waals surface area contributed by atoms with Crippen LogP contribution in [0.2, 0.25) is 0 Å². The Morgan fingerprint density at radius 1 is 1.35 bits per heavy atom. The minimum atomic E-state index is -3.70. The van der Waals surface area contributed by atoms with Crippen LogP contribution < -0.4 is 5.32 Å². The zero-order chi connectivity index (χ0) is 18.9. The topological polar surface area (TPSA) is 126 Å². The van der Waals surface area contributed by atoms with E-state index in [-0.39, 0.29) is 29.4 Å². The van der Waals surface area contributed by atoms with E-state index in [0.29, 0.717) is 26.1 Å². The maximum absolute atomic E-state index is 12.7. The first-order valence-corrected chi connectivity index (χ1v) is 9.90. The molecule has 0 saturated carbocycles. The van der Waals surface area contributed by atoms with E-state index in [9.17, 15) is 18.0 Å². The van der Waals surface area contributed by atoms with Crippen LogP contribution in [0, 0.1) is 6.92 Å². The fourth-order valence-corrected chi connectivity index (χ4v) is 5.06. The fraction of sp³-hybridized carbons (Fsp3) is 0.625. The number of carboxylic acids is 1. The normalized spacial score (nSPS) is 24.0. The number of rotatable bonds is 6. The summed E-state index contributed by atoms with van der Waals surface area (Å²) in [6.07, 6.45) is 1.70. The highest BCUT2D eigenvalue weighted by Gasteiger charge is 2.40. The van der Waals surface area contributed by atoms with Crippen LogP contribution in [-0.4, -0.2) is 61.5 Å². The Balaban J connectivity index is 1.81. The highest BCUT2D eigenvalue weighted by atomic mass is 32.2. The van der Waals surface area contributed by atoms with Crippen molar-refractivity contribution in [3.8, 4) is 0 Å². The molecule has 2 aliphatic rings. The van der Waals surface area contributed by atoms with Gasteiger partial charge in [0.15, 0.2) is 5.76 Å². The molecule has 0 radical (unpaired) electrons. The van der Waals surface area contributed by atoms with Crippen molar-refractivity contribution in [1.29, 1.82) is 0 Å². The Morgan fingerprint density at radius 2 is 2.04 bits per heavy atom. The summed E-state index contributed by atoms with van der Waals surface area (Å²) < 4.78 is 37.4. The Kier molecular flexibility index (Phi) is 5.09. The molecule has 144 valence electrons. The van der Waals surface area contributed by atoms with Crippen LogP contribution in [-0.2, 0) is 19.6 Å². The zero-order valence-electron chi connectivity index (χ0n) is 14.5. The van der Waals surface area contributed by atoms with Gasteiger partial charge in [-0.05, 0) is 26.2 Å². The smallest absolute Gasteiger partial charge is 0.305 e. The van der Waals surface area contributed by atoms with Crippen LogP contribution in [0.15, 0.2) is 15.4 Å². The van der Waals surface area contributed by atoms with Gasteiger partial charge in [-0.3, -0.25) is 9.59 Å². The SMILES string of the molecule is Cc1oc(C(=O)NC2(CC(=O)O)CCOC2)cc1S(=O)(=O)N1CCCC1. The average molecular weight is 386 g/mol.